The number of carbonyl (C=O) groups is 6. The number of Topliss-reactive ketones (excluding diaryl/α,β-unsaturated/α-hetero) is 2. The molecule has 5 aromatic rings. The van der Waals surface area contributed by atoms with E-state index in [1.807, 2.05) is 0 Å². The van der Waals surface area contributed by atoms with Crippen molar-refractivity contribution in [1.29, 1.82) is 0 Å². The third-order valence-corrected chi connectivity index (χ3v) is 9.60. The van der Waals surface area contributed by atoms with E-state index in [0.717, 1.165) is 13.8 Å². The molecule has 0 bridgehead atoms. The summed E-state index contributed by atoms with van der Waals surface area (Å²) in [6, 6.07) is 20.2. The average Bonchev–Trinajstić information content (AvgIpc) is 3.15. The van der Waals surface area contributed by atoms with Gasteiger partial charge in [0.25, 0.3) is 23.6 Å². The zero-order chi connectivity index (χ0) is 43.7. The molecule has 20 heteroatoms. The minimum atomic E-state index is -1.60. The smallest absolute Gasteiger partial charge is 0.258 e. The molecule has 306 valence electrons. The van der Waals surface area contributed by atoms with Crippen molar-refractivity contribution in [2.45, 2.75) is 25.9 Å². The molecule has 0 aromatic heterocycles. The summed E-state index contributed by atoms with van der Waals surface area (Å²) in [5.74, 6) is -4.17. The van der Waals surface area contributed by atoms with Crippen LogP contribution in [0.4, 0.5) is 34.1 Å². The molecule has 2 unspecified atom stereocenters. The Morgan fingerprint density at radius 2 is 0.783 bits per heavy atom. The molecular formula is C40H28Cl6N8O6. The molecule has 0 aliphatic rings. The van der Waals surface area contributed by atoms with E-state index in [1.165, 1.54) is 97.1 Å². The highest BCUT2D eigenvalue weighted by molar-refractivity contribution is 6.38. The number of anilines is 4. The van der Waals surface area contributed by atoms with Crippen LogP contribution in [0, 0.1) is 0 Å². The fraction of sp³-hybridized carbons (Fsp3) is 0.100. The van der Waals surface area contributed by atoms with Crippen molar-refractivity contribution in [2.75, 3.05) is 21.3 Å². The van der Waals surface area contributed by atoms with Gasteiger partial charge in [0.15, 0.2) is 11.6 Å². The number of rotatable bonds is 14. The zero-order valence-electron chi connectivity index (χ0n) is 30.9. The number of ketones is 2. The Morgan fingerprint density at radius 1 is 0.450 bits per heavy atom. The molecule has 0 spiro atoms. The van der Waals surface area contributed by atoms with Gasteiger partial charge in [0, 0.05) is 42.8 Å². The van der Waals surface area contributed by atoms with Crippen LogP contribution in [0.15, 0.2) is 118 Å². The first-order valence-corrected chi connectivity index (χ1v) is 19.4. The van der Waals surface area contributed by atoms with Crippen molar-refractivity contribution in [2.24, 2.45) is 20.5 Å². The maximum absolute atomic E-state index is 13.1. The molecule has 0 heterocycles. The van der Waals surface area contributed by atoms with Crippen LogP contribution >= 0.6 is 69.6 Å². The summed E-state index contributed by atoms with van der Waals surface area (Å²) in [6.07, 6.45) is 0. The minimum Gasteiger partial charge on any atom is -0.324 e. The standard InChI is InChI=1S/C40H28Cl6N8O6/c1-19(55)35(53-51-31-7-3-5-29(33(31)45)37(57)49-27-15-21(41)13-22(42)16-27)39(59)47-25-9-11-26(12-10-25)48-40(60)36(20(2)56)54-52-32-8-4-6-30(34(32)46)38(58)50-28-17-23(43)14-24(44)18-28/h3-18,35-36H,1-2H3,(H,47,59)(H,48,60)(H,49,57)(H,50,58). The second-order valence-electron chi connectivity index (χ2n) is 12.5. The summed E-state index contributed by atoms with van der Waals surface area (Å²) < 4.78 is 0. The molecule has 4 amide bonds. The summed E-state index contributed by atoms with van der Waals surface area (Å²) in [7, 11) is 0. The lowest BCUT2D eigenvalue weighted by atomic mass is 10.1. The Morgan fingerprint density at radius 3 is 1.10 bits per heavy atom. The molecule has 0 radical (unpaired) electrons. The number of halogens is 6. The molecule has 0 aliphatic carbocycles. The maximum atomic E-state index is 13.1. The molecule has 0 aliphatic heterocycles. The van der Waals surface area contributed by atoms with Gasteiger partial charge < -0.3 is 21.3 Å². The summed E-state index contributed by atoms with van der Waals surface area (Å²) >= 11 is 37.0. The van der Waals surface area contributed by atoms with Gasteiger partial charge in [-0.25, -0.2) is 0 Å². The van der Waals surface area contributed by atoms with Crippen molar-refractivity contribution in [3.8, 4) is 0 Å². The van der Waals surface area contributed by atoms with E-state index in [0.29, 0.717) is 31.5 Å². The van der Waals surface area contributed by atoms with Crippen molar-refractivity contribution < 1.29 is 28.8 Å². The van der Waals surface area contributed by atoms with E-state index in [1.54, 1.807) is 0 Å². The lowest BCUT2D eigenvalue weighted by Crippen LogP contribution is -2.32. The third-order valence-electron chi connectivity index (χ3n) is 7.94. The summed E-state index contributed by atoms with van der Waals surface area (Å²) in [4.78, 5) is 77.1. The van der Waals surface area contributed by atoms with Crippen molar-refractivity contribution >= 4 is 139 Å². The van der Waals surface area contributed by atoms with Gasteiger partial charge in [-0.15, -0.1) is 0 Å². The van der Waals surface area contributed by atoms with Gasteiger partial charge in [0.2, 0.25) is 12.1 Å². The molecule has 14 nitrogen and oxygen atoms in total. The maximum Gasteiger partial charge on any atom is 0.258 e. The molecule has 0 saturated heterocycles. The first-order valence-electron chi connectivity index (χ1n) is 17.2. The van der Waals surface area contributed by atoms with Gasteiger partial charge in [-0.1, -0.05) is 81.7 Å². The molecule has 2 atom stereocenters. The second kappa shape index (κ2) is 20.5. The predicted molar refractivity (Wildman–Crippen MR) is 233 cm³/mol. The van der Waals surface area contributed by atoms with Gasteiger partial charge in [-0.05, 0) is 98.8 Å². The van der Waals surface area contributed by atoms with E-state index in [9.17, 15) is 28.8 Å². The Balaban J connectivity index is 1.21. The van der Waals surface area contributed by atoms with Crippen LogP contribution in [0.1, 0.15) is 34.6 Å². The first kappa shape index (κ1) is 45.3. The highest BCUT2D eigenvalue weighted by Gasteiger charge is 2.26. The number of amides is 4. The van der Waals surface area contributed by atoms with E-state index in [2.05, 4.69) is 41.7 Å². The number of hydrogen-bond donors (Lipinski definition) is 4. The molecule has 5 aromatic carbocycles. The van der Waals surface area contributed by atoms with Crippen LogP contribution in [0.2, 0.25) is 30.1 Å². The fourth-order valence-corrected chi connectivity index (χ4v) is 6.68. The minimum absolute atomic E-state index is 0.0102. The van der Waals surface area contributed by atoms with Gasteiger partial charge in [-0.2, -0.15) is 20.5 Å². The van der Waals surface area contributed by atoms with E-state index in [-0.39, 0.29) is 43.9 Å². The zero-order valence-corrected chi connectivity index (χ0v) is 35.4. The average molecular weight is 929 g/mol. The highest BCUT2D eigenvalue weighted by atomic mass is 35.5. The SMILES string of the molecule is CC(=O)C(N=Nc1cccc(C(=O)Nc2cc(Cl)cc(Cl)c2)c1Cl)C(=O)Nc1ccc(NC(=O)C(N=Nc2cccc(C(=O)Nc3cc(Cl)cc(Cl)c3)c2Cl)C(C)=O)cc1. The Labute approximate surface area is 371 Å². The Hall–Kier alpha value is -5.74. The number of azo groups is 2. The second-order valence-corrected chi connectivity index (χ2v) is 15.0. The predicted octanol–water partition coefficient (Wildman–Crippen LogP) is 11.5. The molecular weight excluding hydrogens is 901 g/mol. The number of nitrogens with one attached hydrogen (secondary N) is 4. The number of benzene rings is 5. The monoisotopic (exact) mass is 926 g/mol. The van der Waals surface area contributed by atoms with Crippen molar-refractivity contribution in [1.82, 2.24) is 0 Å². The number of carbonyl (C=O) groups excluding carboxylic acids is 6. The van der Waals surface area contributed by atoms with Crippen LogP contribution < -0.4 is 21.3 Å². The van der Waals surface area contributed by atoms with E-state index >= 15 is 0 Å². The summed E-state index contributed by atoms with van der Waals surface area (Å²) in [5, 5.41) is 27.2. The third kappa shape index (κ3) is 12.2. The Kier molecular flexibility index (Phi) is 15.5. The van der Waals surface area contributed by atoms with Gasteiger partial charge in [-0.3, -0.25) is 28.8 Å². The van der Waals surface area contributed by atoms with Crippen molar-refractivity contribution in [3.05, 3.63) is 138 Å². The Bertz CT molecular complexity index is 2370. The number of hydrogen-bond acceptors (Lipinski definition) is 10. The van der Waals surface area contributed by atoms with Crippen LogP contribution in [-0.2, 0) is 19.2 Å². The molecule has 60 heavy (non-hydrogen) atoms. The quantitative estimate of drug-likeness (QED) is 0.0630. The van der Waals surface area contributed by atoms with E-state index in [4.69, 9.17) is 69.6 Å². The van der Waals surface area contributed by atoms with Gasteiger partial charge in [0.1, 0.15) is 11.4 Å². The molecule has 0 fully saturated rings. The first-order chi connectivity index (χ1) is 28.5. The highest BCUT2D eigenvalue weighted by Crippen LogP contribution is 2.32. The van der Waals surface area contributed by atoms with Crippen LogP contribution in [0.5, 0.6) is 0 Å². The lowest BCUT2D eigenvalue weighted by molar-refractivity contribution is -0.127. The number of nitrogens with zero attached hydrogens (tertiary/aromatic N) is 4. The van der Waals surface area contributed by atoms with Crippen molar-refractivity contribution in [3.63, 3.8) is 0 Å². The van der Waals surface area contributed by atoms with Crippen LogP contribution in [-0.4, -0.2) is 47.3 Å². The summed E-state index contributed by atoms with van der Waals surface area (Å²) in [6.45, 7) is 2.29. The molecule has 0 saturated carbocycles. The molecule has 5 rings (SSSR count). The lowest BCUT2D eigenvalue weighted by Gasteiger charge is -2.12. The van der Waals surface area contributed by atoms with Crippen LogP contribution in [0.3, 0.4) is 0 Å². The van der Waals surface area contributed by atoms with Crippen LogP contribution in [0.25, 0.3) is 0 Å². The molecule has 4 N–H and O–H groups in total. The normalized spacial score (nSPS) is 12.1. The topological polar surface area (TPSA) is 200 Å². The van der Waals surface area contributed by atoms with E-state index < -0.39 is 47.3 Å². The largest absolute Gasteiger partial charge is 0.324 e. The fourth-order valence-electron chi connectivity index (χ4n) is 5.13. The summed E-state index contributed by atoms with van der Waals surface area (Å²) in [5.41, 5.74) is 1.15. The van der Waals surface area contributed by atoms with Gasteiger partial charge >= 0.3 is 0 Å². The van der Waals surface area contributed by atoms with Gasteiger partial charge in [0.05, 0.1) is 21.2 Å².